The molecule has 0 aliphatic heterocycles. The summed E-state index contributed by atoms with van der Waals surface area (Å²) in [7, 11) is 0. The number of hydrogen-bond acceptors (Lipinski definition) is 2. The highest BCUT2D eigenvalue weighted by Gasteiger charge is 2.17. The average Bonchev–Trinajstić information content (AvgIpc) is 2.13. The van der Waals surface area contributed by atoms with E-state index in [9.17, 15) is 8.78 Å². The van der Waals surface area contributed by atoms with Gasteiger partial charge in [0.1, 0.15) is 11.6 Å². The van der Waals surface area contributed by atoms with E-state index in [1.165, 1.54) is 13.0 Å². The predicted octanol–water partition coefficient (Wildman–Crippen LogP) is 2.61. The first kappa shape index (κ1) is 13.8. The highest BCUT2D eigenvalue weighted by molar-refractivity contribution is 5.85. The van der Waals surface area contributed by atoms with Gasteiger partial charge in [0, 0.05) is 11.6 Å². The molecule has 1 aromatic carbocycles. The molecule has 82 valence electrons. The molecule has 1 aromatic rings. The summed E-state index contributed by atoms with van der Waals surface area (Å²) in [6.45, 7) is 1.53. The van der Waals surface area contributed by atoms with Crippen LogP contribution in [0, 0.1) is 29.9 Å². The third kappa shape index (κ3) is 2.88. The number of nitrogens with zero attached hydrogens (tertiary/aromatic N) is 1. The Bertz CT molecular complexity index is 388. The Balaban J connectivity index is 0.00000196. The van der Waals surface area contributed by atoms with Crippen molar-refractivity contribution in [3.8, 4) is 6.07 Å². The van der Waals surface area contributed by atoms with Gasteiger partial charge in [-0.25, -0.2) is 8.78 Å². The van der Waals surface area contributed by atoms with Crippen molar-refractivity contribution >= 4 is 12.4 Å². The van der Waals surface area contributed by atoms with Gasteiger partial charge < -0.3 is 5.73 Å². The van der Waals surface area contributed by atoms with Gasteiger partial charge in [-0.05, 0) is 18.6 Å². The normalized spacial score (nSPS) is 11.4. The fraction of sp³-hybridized carbons (Fsp3) is 0.300. The first-order valence-corrected chi connectivity index (χ1v) is 4.15. The van der Waals surface area contributed by atoms with E-state index in [-0.39, 0.29) is 24.4 Å². The smallest absolute Gasteiger partial charge is 0.133 e. The molecule has 2 N–H and O–H groups in total. The van der Waals surface area contributed by atoms with Crippen LogP contribution >= 0.6 is 12.4 Å². The van der Waals surface area contributed by atoms with E-state index in [4.69, 9.17) is 11.0 Å². The standard InChI is InChI=1S/C10H10F2N2.ClH/c1-6-2-3-7(11)9(10(6)12)8(14)4-5-13;/h2-3,8H,4,14H2,1H3;1H/t8-;/m1./s1. The average molecular weight is 233 g/mol. The molecule has 2 nitrogen and oxygen atoms in total. The minimum absolute atomic E-state index is 0. The molecule has 0 radical (unpaired) electrons. The monoisotopic (exact) mass is 232 g/mol. The van der Waals surface area contributed by atoms with Gasteiger partial charge in [-0.15, -0.1) is 12.4 Å². The molecule has 0 aliphatic rings. The van der Waals surface area contributed by atoms with Gasteiger partial charge in [0.2, 0.25) is 0 Å². The maximum Gasteiger partial charge on any atom is 0.133 e. The van der Waals surface area contributed by atoms with Crippen LogP contribution in [0.25, 0.3) is 0 Å². The summed E-state index contributed by atoms with van der Waals surface area (Å²) >= 11 is 0. The zero-order valence-electron chi connectivity index (χ0n) is 8.13. The minimum Gasteiger partial charge on any atom is -0.323 e. The number of nitrogens with two attached hydrogens (primary N) is 1. The van der Waals surface area contributed by atoms with E-state index < -0.39 is 17.7 Å². The van der Waals surface area contributed by atoms with Gasteiger partial charge in [0.15, 0.2) is 0 Å². The Morgan fingerprint density at radius 3 is 2.60 bits per heavy atom. The van der Waals surface area contributed by atoms with Crippen LogP contribution in [-0.2, 0) is 0 Å². The lowest BCUT2D eigenvalue weighted by Gasteiger charge is -2.11. The zero-order chi connectivity index (χ0) is 10.7. The third-order valence-electron chi connectivity index (χ3n) is 2.00. The Kier molecular flexibility index (Phi) is 5.20. The van der Waals surface area contributed by atoms with Gasteiger partial charge in [-0.2, -0.15) is 5.26 Å². The Morgan fingerprint density at radius 2 is 2.07 bits per heavy atom. The molecule has 0 heterocycles. The molecule has 0 spiro atoms. The summed E-state index contributed by atoms with van der Waals surface area (Å²) in [5, 5.41) is 8.37. The SMILES string of the molecule is Cc1ccc(F)c([C@H](N)CC#N)c1F.Cl. The van der Waals surface area contributed by atoms with Crippen molar-refractivity contribution in [3.05, 3.63) is 34.9 Å². The van der Waals surface area contributed by atoms with Crippen molar-refractivity contribution in [1.29, 1.82) is 5.26 Å². The molecule has 0 unspecified atom stereocenters. The van der Waals surface area contributed by atoms with Crippen molar-refractivity contribution in [2.24, 2.45) is 5.73 Å². The second-order valence-electron chi connectivity index (χ2n) is 3.06. The second kappa shape index (κ2) is 5.64. The van der Waals surface area contributed by atoms with E-state index in [1.807, 2.05) is 0 Å². The van der Waals surface area contributed by atoms with Crippen molar-refractivity contribution < 1.29 is 8.78 Å². The Hall–Kier alpha value is -1.18. The molecule has 0 fully saturated rings. The molecule has 1 rings (SSSR count). The number of benzene rings is 1. The van der Waals surface area contributed by atoms with Gasteiger partial charge in [-0.3, -0.25) is 0 Å². The van der Waals surface area contributed by atoms with Gasteiger partial charge in [-0.1, -0.05) is 6.07 Å². The van der Waals surface area contributed by atoms with E-state index in [2.05, 4.69) is 0 Å². The second-order valence-corrected chi connectivity index (χ2v) is 3.06. The molecule has 1 atom stereocenters. The van der Waals surface area contributed by atoms with Crippen molar-refractivity contribution in [3.63, 3.8) is 0 Å². The Labute approximate surface area is 93.1 Å². The van der Waals surface area contributed by atoms with Crippen LogP contribution in [0.4, 0.5) is 8.78 Å². The summed E-state index contributed by atoms with van der Waals surface area (Å²) in [6, 6.07) is 3.38. The van der Waals surface area contributed by atoms with Crippen molar-refractivity contribution in [1.82, 2.24) is 0 Å². The highest BCUT2D eigenvalue weighted by atomic mass is 35.5. The van der Waals surface area contributed by atoms with Crippen LogP contribution in [0.1, 0.15) is 23.6 Å². The molecule has 0 saturated heterocycles. The Morgan fingerprint density at radius 1 is 1.47 bits per heavy atom. The first-order valence-electron chi connectivity index (χ1n) is 4.15. The molecule has 5 heteroatoms. The molecule has 15 heavy (non-hydrogen) atoms. The van der Waals surface area contributed by atoms with E-state index in [1.54, 1.807) is 6.07 Å². The summed E-state index contributed by atoms with van der Waals surface area (Å²) in [6.07, 6.45) is -0.0999. The largest absolute Gasteiger partial charge is 0.323 e. The number of nitriles is 1. The van der Waals surface area contributed by atoms with Crippen molar-refractivity contribution in [2.45, 2.75) is 19.4 Å². The van der Waals surface area contributed by atoms with Crippen LogP contribution < -0.4 is 5.73 Å². The number of aryl methyl sites for hydroxylation is 1. The van der Waals surface area contributed by atoms with Crippen molar-refractivity contribution in [2.75, 3.05) is 0 Å². The number of hydrogen-bond donors (Lipinski definition) is 1. The minimum atomic E-state index is -0.903. The highest BCUT2D eigenvalue weighted by Crippen LogP contribution is 2.23. The van der Waals surface area contributed by atoms with Gasteiger partial charge in [0.25, 0.3) is 0 Å². The van der Waals surface area contributed by atoms with Crippen LogP contribution in [0.15, 0.2) is 12.1 Å². The zero-order valence-corrected chi connectivity index (χ0v) is 8.94. The van der Waals surface area contributed by atoms with Crippen LogP contribution in [0.5, 0.6) is 0 Å². The summed E-state index contributed by atoms with van der Waals surface area (Å²) in [5.41, 5.74) is 5.60. The fourth-order valence-electron chi connectivity index (χ4n) is 1.22. The lowest BCUT2D eigenvalue weighted by molar-refractivity contribution is 0.523. The fourth-order valence-corrected chi connectivity index (χ4v) is 1.22. The van der Waals surface area contributed by atoms with Crippen LogP contribution in [0.3, 0.4) is 0 Å². The molecular formula is C10H11ClF2N2. The number of rotatable bonds is 2. The lowest BCUT2D eigenvalue weighted by atomic mass is 10.0. The molecule has 0 amide bonds. The quantitative estimate of drug-likeness (QED) is 0.852. The van der Waals surface area contributed by atoms with Gasteiger partial charge >= 0.3 is 0 Å². The van der Waals surface area contributed by atoms with Gasteiger partial charge in [0.05, 0.1) is 12.5 Å². The lowest BCUT2D eigenvalue weighted by Crippen LogP contribution is -2.14. The predicted molar refractivity (Wildman–Crippen MR) is 55.5 cm³/mol. The van der Waals surface area contributed by atoms with Crippen LogP contribution in [-0.4, -0.2) is 0 Å². The number of halogens is 3. The molecule has 0 aliphatic carbocycles. The van der Waals surface area contributed by atoms with E-state index >= 15 is 0 Å². The molecular weight excluding hydrogens is 222 g/mol. The summed E-state index contributed by atoms with van der Waals surface area (Å²) in [5.74, 6) is -1.36. The molecule has 0 saturated carbocycles. The topological polar surface area (TPSA) is 49.8 Å². The van der Waals surface area contributed by atoms with Crippen LogP contribution in [0.2, 0.25) is 0 Å². The summed E-state index contributed by atoms with van der Waals surface area (Å²) in [4.78, 5) is 0. The summed E-state index contributed by atoms with van der Waals surface area (Å²) < 4.78 is 26.6. The third-order valence-corrected chi connectivity index (χ3v) is 2.00. The molecule has 0 bridgehead atoms. The maximum absolute atomic E-state index is 13.4. The molecule has 0 aromatic heterocycles. The van der Waals surface area contributed by atoms with E-state index in [0.29, 0.717) is 5.56 Å². The maximum atomic E-state index is 13.4. The van der Waals surface area contributed by atoms with E-state index in [0.717, 1.165) is 6.07 Å². The first-order chi connectivity index (χ1) is 6.57.